The summed E-state index contributed by atoms with van der Waals surface area (Å²) >= 11 is 9.68. The van der Waals surface area contributed by atoms with Gasteiger partial charge in [-0.2, -0.15) is 0 Å². The number of nitrogens with zero attached hydrogens (tertiary/aromatic N) is 1. The average molecular weight is 281 g/mol. The van der Waals surface area contributed by atoms with Gasteiger partial charge in [0.2, 0.25) is 0 Å². The van der Waals surface area contributed by atoms with Crippen molar-refractivity contribution in [1.82, 2.24) is 10.3 Å². The SMILES string of the molecule is CNC.O=C(OCl)c1cccnc1C(=O)OCl. The van der Waals surface area contributed by atoms with E-state index in [2.05, 4.69) is 18.9 Å². The second kappa shape index (κ2) is 8.74. The molecule has 1 N–H and O–H groups in total. The van der Waals surface area contributed by atoms with Crippen molar-refractivity contribution in [1.29, 1.82) is 0 Å². The Morgan fingerprint density at radius 2 is 1.76 bits per heavy atom. The van der Waals surface area contributed by atoms with Crippen LogP contribution in [0, 0.1) is 0 Å². The van der Waals surface area contributed by atoms with Gasteiger partial charge >= 0.3 is 11.9 Å². The number of hydrogen-bond donors (Lipinski definition) is 1. The van der Waals surface area contributed by atoms with Crippen molar-refractivity contribution in [2.24, 2.45) is 0 Å². The van der Waals surface area contributed by atoms with Crippen molar-refractivity contribution in [3.05, 3.63) is 29.6 Å². The molecule has 1 heterocycles. The molecule has 1 aromatic rings. The molecule has 0 aliphatic carbocycles. The topological polar surface area (TPSA) is 77.5 Å². The van der Waals surface area contributed by atoms with Crippen LogP contribution in [-0.4, -0.2) is 31.0 Å². The summed E-state index contributed by atoms with van der Waals surface area (Å²) in [5, 5.41) is 2.75. The van der Waals surface area contributed by atoms with Crippen molar-refractivity contribution < 1.29 is 18.2 Å². The first-order valence-corrected chi connectivity index (χ1v) is 4.93. The Morgan fingerprint density at radius 1 is 1.24 bits per heavy atom. The third-order valence-electron chi connectivity index (χ3n) is 1.36. The van der Waals surface area contributed by atoms with E-state index in [1.807, 2.05) is 14.1 Å². The van der Waals surface area contributed by atoms with E-state index in [1.165, 1.54) is 18.3 Å². The van der Waals surface area contributed by atoms with E-state index in [0.29, 0.717) is 0 Å². The van der Waals surface area contributed by atoms with Gasteiger partial charge in [-0.1, -0.05) is 0 Å². The van der Waals surface area contributed by atoms with E-state index in [9.17, 15) is 9.59 Å². The molecule has 0 aromatic carbocycles. The van der Waals surface area contributed by atoms with E-state index >= 15 is 0 Å². The fourth-order valence-electron chi connectivity index (χ4n) is 0.811. The normalized spacial score (nSPS) is 8.71. The van der Waals surface area contributed by atoms with Crippen molar-refractivity contribution in [2.75, 3.05) is 14.1 Å². The van der Waals surface area contributed by atoms with Crippen LogP contribution < -0.4 is 5.32 Å². The predicted molar refractivity (Wildman–Crippen MR) is 61.8 cm³/mol. The second-order valence-electron chi connectivity index (χ2n) is 2.63. The molecule has 94 valence electrons. The zero-order valence-corrected chi connectivity index (χ0v) is 10.6. The van der Waals surface area contributed by atoms with Crippen molar-refractivity contribution in [2.45, 2.75) is 0 Å². The number of carbonyl (C=O) groups excluding carboxylic acids is 2. The smallest absolute Gasteiger partial charge is 0.343 e. The largest absolute Gasteiger partial charge is 0.375 e. The van der Waals surface area contributed by atoms with E-state index in [4.69, 9.17) is 23.7 Å². The Balaban J connectivity index is 0.000000770. The first-order valence-electron chi connectivity index (χ1n) is 4.31. The second-order valence-corrected chi connectivity index (χ2v) is 2.94. The summed E-state index contributed by atoms with van der Waals surface area (Å²) in [6.45, 7) is 0. The Morgan fingerprint density at radius 3 is 2.24 bits per heavy atom. The lowest BCUT2D eigenvalue weighted by Gasteiger charge is -2.00. The molecule has 1 aromatic heterocycles. The summed E-state index contributed by atoms with van der Waals surface area (Å²) in [7, 11) is 3.75. The van der Waals surface area contributed by atoms with Crippen molar-refractivity contribution in [3.63, 3.8) is 0 Å². The van der Waals surface area contributed by atoms with Gasteiger partial charge in [-0.25, -0.2) is 14.6 Å². The van der Waals surface area contributed by atoms with Crippen LogP contribution in [0.4, 0.5) is 0 Å². The Labute approximate surface area is 108 Å². The maximum atomic E-state index is 11.0. The molecule has 0 radical (unpaired) electrons. The number of hydrogen-bond acceptors (Lipinski definition) is 6. The van der Waals surface area contributed by atoms with Crippen LogP contribution in [0.5, 0.6) is 0 Å². The number of carbonyl (C=O) groups is 2. The maximum Gasteiger partial charge on any atom is 0.375 e. The van der Waals surface area contributed by atoms with Crippen LogP contribution in [0.25, 0.3) is 0 Å². The minimum Gasteiger partial charge on any atom is -0.343 e. The van der Waals surface area contributed by atoms with Gasteiger partial charge in [0.15, 0.2) is 5.69 Å². The predicted octanol–water partition coefficient (Wildman–Crippen LogP) is 1.54. The fraction of sp³-hybridized carbons (Fsp3) is 0.222. The quantitative estimate of drug-likeness (QED) is 0.886. The highest BCUT2D eigenvalue weighted by atomic mass is 35.5. The molecule has 0 saturated carbocycles. The van der Waals surface area contributed by atoms with Crippen LogP contribution in [0.1, 0.15) is 20.8 Å². The molecule has 0 aliphatic heterocycles. The molecule has 0 atom stereocenters. The van der Waals surface area contributed by atoms with Gasteiger partial charge in [-0.3, -0.25) is 0 Å². The summed E-state index contributed by atoms with van der Waals surface area (Å²) in [5.41, 5.74) is -0.374. The van der Waals surface area contributed by atoms with Crippen LogP contribution in [0.3, 0.4) is 0 Å². The van der Waals surface area contributed by atoms with E-state index in [-0.39, 0.29) is 11.3 Å². The Kier molecular flexibility index (Phi) is 8.04. The van der Waals surface area contributed by atoms with Crippen molar-refractivity contribution in [3.8, 4) is 0 Å². The van der Waals surface area contributed by atoms with Gasteiger partial charge in [0.25, 0.3) is 0 Å². The molecule has 1 rings (SSSR count). The van der Waals surface area contributed by atoms with E-state index in [0.717, 1.165) is 0 Å². The molecule has 0 aliphatic rings. The molecule has 6 nitrogen and oxygen atoms in total. The zero-order valence-electron chi connectivity index (χ0n) is 9.07. The minimum atomic E-state index is -0.954. The molecule has 8 heteroatoms. The molecule has 0 bridgehead atoms. The highest BCUT2D eigenvalue weighted by molar-refractivity contribution is 6.19. The summed E-state index contributed by atoms with van der Waals surface area (Å²) in [5.74, 6) is -1.86. The molecular weight excluding hydrogens is 271 g/mol. The zero-order chi connectivity index (χ0) is 13.3. The van der Waals surface area contributed by atoms with Crippen molar-refractivity contribution >= 4 is 35.7 Å². The number of halogens is 2. The highest BCUT2D eigenvalue weighted by Gasteiger charge is 2.20. The Bertz CT molecular complexity index is 352. The lowest BCUT2D eigenvalue weighted by molar-refractivity contribution is 0.0704. The molecule has 0 unspecified atom stereocenters. The third-order valence-corrected chi connectivity index (χ3v) is 1.64. The number of rotatable bonds is 2. The molecule has 0 saturated heterocycles. The monoisotopic (exact) mass is 280 g/mol. The van der Waals surface area contributed by atoms with Gasteiger partial charge in [-0.15, -0.1) is 0 Å². The summed E-state index contributed by atoms with van der Waals surface area (Å²) in [4.78, 5) is 25.6. The lowest BCUT2D eigenvalue weighted by Crippen LogP contribution is -2.11. The third kappa shape index (κ3) is 4.99. The van der Waals surface area contributed by atoms with Gasteiger partial charge in [0.05, 0.1) is 5.56 Å². The van der Waals surface area contributed by atoms with Gasteiger partial charge in [-0.05, 0) is 26.2 Å². The summed E-state index contributed by atoms with van der Waals surface area (Å²) in [6.07, 6.45) is 1.30. The highest BCUT2D eigenvalue weighted by Crippen LogP contribution is 2.10. The first-order chi connectivity index (χ1) is 8.12. The Hall–Kier alpha value is -1.37. The van der Waals surface area contributed by atoms with Gasteiger partial charge in [0.1, 0.15) is 23.7 Å². The van der Waals surface area contributed by atoms with Crippen LogP contribution >= 0.6 is 23.7 Å². The number of nitrogens with one attached hydrogen (secondary N) is 1. The van der Waals surface area contributed by atoms with E-state index in [1.54, 1.807) is 0 Å². The molecule has 0 fully saturated rings. The molecule has 0 spiro atoms. The minimum absolute atomic E-state index is 0.117. The standard InChI is InChI=1S/C7H3Cl2NO4.C2H7N/c8-13-6(11)4-2-1-3-10-5(4)7(12)14-9;1-3-2/h1-3H;3H,1-2H3. The summed E-state index contributed by atoms with van der Waals surface area (Å²) in [6, 6.07) is 2.75. The van der Waals surface area contributed by atoms with Crippen LogP contribution in [-0.2, 0) is 8.58 Å². The van der Waals surface area contributed by atoms with E-state index < -0.39 is 11.9 Å². The van der Waals surface area contributed by atoms with Crippen LogP contribution in [0.15, 0.2) is 18.3 Å². The molecule has 0 amide bonds. The fourth-order valence-corrected chi connectivity index (χ4v) is 0.967. The van der Waals surface area contributed by atoms with Gasteiger partial charge in [0, 0.05) is 6.20 Å². The van der Waals surface area contributed by atoms with Gasteiger partial charge < -0.3 is 13.9 Å². The maximum absolute atomic E-state index is 11.0. The average Bonchev–Trinajstić information content (AvgIpc) is 2.37. The summed E-state index contributed by atoms with van der Waals surface area (Å²) < 4.78 is 7.81. The molecular formula is C9H10Cl2N2O4. The first kappa shape index (κ1) is 15.6. The number of aromatic nitrogens is 1. The molecule has 17 heavy (non-hydrogen) atoms. The number of pyridine rings is 1. The lowest BCUT2D eigenvalue weighted by atomic mass is 10.2. The van der Waals surface area contributed by atoms with Crippen LogP contribution in [0.2, 0.25) is 0 Å².